The number of likely N-dealkylation sites (N-methyl/N-ethyl adjacent to an activating group) is 1. The lowest BCUT2D eigenvalue weighted by molar-refractivity contribution is 0.346. The van der Waals surface area contributed by atoms with Gasteiger partial charge < -0.3 is 19.5 Å². The fraction of sp³-hybridized carbons (Fsp3) is 0.385. The van der Waals surface area contributed by atoms with Crippen LogP contribution in [0, 0.1) is 0 Å². The molecule has 0 spiro atoms. The molecule has 1 aromatic carbocycles. The van der Waals surface area contributed by atoms with Gasteiger partial charge in [-0.05, 0) is 13.1 Å². The van der Waals surface area contributed by atoms with Gasteiger partial charge in [0.25, 0.3) is 0 Å². The van der Waals surface area contributed by atoms with Gasteiger partial charge in [0.1, 0.15) is 5.75 Å². The van der Waals surface area contributed by atoms with E-state index in [9.17, 15) is 0 Å². The SMILES string of the molecule is C=CC(NC)c1cc(OC)c(OC)cc1OC. The van der Waals surface area contributed by atoms with Crippen LogP contribution in [0.25, 0.3) is 0 Å². The van der Waals surface area contributed by atoms with Gasteiger partial charge in [-0.2, -0.15) is 0 Å². The Morgan fingerprint density at radius 1 is 1.06 bits per heavy atom. The van der Waals surface area contributed by atoms with Gasteiger partial charge >= 0.3 is 0 Å². The summed E-state index contributed by atoms with van der Waals surface area (Å²) in [6.07, 6.45) is 1.81. The molecule has 4 heteroatoms. The van der Waals surface area contributed by atoms with Gasteiger partial charge in [0.05, 0.1) is 27.4 Å². The molecule has 0 fully saturated rings. The van der Waals surface area contributed by atoms with Gasteiger partial charge in [0.15, 0.2) is 11.5 Å². The largest absolute Gasteiger partial charge is 0.496 e. The molecule has 1 unspecified atom stereocenters. The zero-order valence-corrected chi connectivity index (χ0v) is 10.7. The number of rotatable bonds is 6. The summed E-state index contributed by atoms with van der Waals surface area (Å²) in [7, 11) is 6.69. The maximum Gasteiger partial charge on any atom is 0.164 e. The van der Waals surface area contributed by atoms with Crippen molar-refractivity contribution >= 4 is 0 Å². The topological polar surface area (TPSA) is 39.7 Å². The van der Waals surface area contributed by atoms with Crippen molar-refractivity contribution in [2.45, 2.75) is 6.04 Å². The molecule has 0 aliphatic heterocycles. The van der Waals surface area contributed by atoms with Crippen LogP contribution in [0.2, 0.25) is 0 Å². The van der Waals surface area contributed by atoms with Crippen LogP contribution in [0.1, 0.15) is 11.6 Å². The van der Waals surface area contributed by atoms with Gasteiger partial charge in [0.2, 0.25) is 0 Å². The molecule has 1 N–H and O–H groups in total. The molecule has 0 amide bonds. The molecule has 0 radical (unpaired) electrons. The third kappa shape index (κ3) is 2.71. The quantitative estimate of drug-likeness (QED) is 0.770. The fourth-order valence-electron chi connectivity index (χ4n) is 1.70. The van der Waals surface area contributed by atoms with Gasteiger partial charge in [0, 0.05) is 11.6 Å². The highest BCUT2D eigenvalue weighted by Crippen LogP contribution is 2.37. The number of hydrogen-bond donors (Lipinski definition) is 1. The van der Waals surface area contributed by atoms with E-state index in [1.54, 1.807) is 21.3 Å². The smallest absolute Gasteiger partial charge is 0.164 e. The van der Waals surface area contributed by atoms with Crippen LogP contribution in [0.4, 0.5) is 0 Å². The third-order valence-corrected chi connectivity index (χ3v) is 2.62. The van der Waals surface area contributed by atoms with Crippen molar-refractivity contribution in [2.24, 2.45) is 0 Å². The second-order valence-electron chi connectivity index (χ2n) is 3.45. The number of ether oxygens (including phenoxy) is 3. The van der Waals surface area contributed by atoms with Gasteiger partial charge in [-0.1, -0.05) is 6.08 Å². The Bertz CT molecular complexity index is 390. The van der Waals surface area contributed by atoms with Crippen molar-refractivity contribution in [3.05, 3.63) is 30.4 Å². The standard InChI is InChI=1S/C13H19NO3/c1-6-10(14-2)9-7-12(16-4)13(17-5)8-11(9)15-3/h6-8,10,14H,1H2,2-5H3. The molecule has 0 heterocycles. The highest BCUT2D eigenvalue weighted by molar-refractivity contribution is 5.52. The lowest BCUT2D eigenvalue weighted by atomic mass is 10.0. The minimum atomic E-state index is 0.00440. The maximum absolute atomic E-state index is 5.35. The van der Waals surface area contributed by atoms with Gasteiger partial charge in [-0.15, -0.1) is 6.58 Å². The number of hydrogen-bond acceptors (Lipinski definition) is 4. The summed E-state index contributed by atoms with van der Waals surface area (Å²) in [4.78, 5) is 0. The van der Waals surface area contributed by atoms with Crippen LogP contribution in [0.15, 0.2) is 24.8 Å². The second kappa shape index (κ2) is 6.15. The second-order valence-corrected chi connectivity index (χ2v) is 3.45. The van der Waals surface area contributed by atoms with Crippen LogP contribution >= 0.6 is 0 Å². The Kier molecular flexibility index (Phi) is 4.84. The Morgan fingerprint density at radius 2 is 1.59 bits per heavy atom. The summed E-state index contributed by atoms with van der Waals surface area (Å²) >= 11 is 0. The van der Waals surface area contributed by atoms with Crippen LogP contribution in [0.5, 0.6) is 17.2 Å². The molecule has 4 nitrogen and oxygen atoms in total. The lowest BCUT2D eigenvalue weighted by Crippen LogP contribution is -2.14. The molecule has 0 bridgehead atoms. The molecule has 0 saturated carbocycles. The van der Waals surface area contributed by atoms with E-state index >= 15 is 0 Å². The van der Waals surface area contributed by atoms with E-state index in [1.807, 2.05) is 25.3 Å². The van der Waals surface area contributed by atoms with Crippen LogP contribution in [-0.4, -0.2) is 28.4 Å². The molecule has 1 aromatic rings. The highest BCUT2D eigenvalue weighted by atomic mass is 16.5. The van der Waals surface area contributed by atoms with E-state index in [2.05, 4.69) is 11.9 Å². The highest BCUT2D eigenvalue weighted by Gasteiger charge is 2.16. The van der Waals surface area contributed by atoms with Crippen molar-refractivity contribution in [2.75, 3.05) is 28.4 Å². The molecular formula is C13H19NO3. The Morgan fingerprint density at radius 3 is 2.00 bits per heavy atom. The monoisotopic (exact) mass is 237 g/mol. The van der Waals surface area contributed by atoms with E-state index < -0.39 is 0 Å². The summed E-state index contributed by atoms with van der Waals surface area (Å²) in [5, 5.41) is 3.14. The zero-order chi connectivity index (χ0) is 12.8. The Labute approximate surface area is 102 Å². The maximum atomic E-state index is 5.35. The Balaban J connectivity index is 3.32. The molecule has 0 aromatic heterocycles. The summed E-state index contributed by atoms with van der Waals surface area (Å²) in [6, 6.07) is 3.70. The first-order chi connectivity index (χ1) is 8.21. The van der Waals surface area contributed by atoms with Gasteiger partial charge in [-0.3, -0.25) is 0 Å². The predicted octanol–water partition coefficient (Wildman–Crippen LogP) is 2.16. The summed E-state index contributed by atoms with van der Waals surface area (Å²) in [6.45, 7) is 3.79. The molecule has 17 heavy (non-hydrogen) atoms. The molecule has 0 aliphatic rings. The molecule has 0 aliphatic carbocycles. The molecule has 94 valence electrons. The third-order valence-electron chi connectivity index (χ3n) is 2.62. The minimum Gasteiger partial charge on any atom is -0.496 e. The number of benzene rings is 1. The first kappa shape index (κ1) is 13.4. The van der Waals surface area contributed by atoms with Crippen molar-refractivity contribution < 1.29 is 14.2 Å². The van der Waals surface area contributed by atoms with E-state index in [-0.39, 0.29) is 6.04 Å². The first-order valence-electron chi connectivity index (χ1n) is 5.31. The summed E-state index contributed by atoms with van der Waals surface area (Å²) in [5.74, 6) is 2.05. The first-order valence-corrected chi connectivity index (χ1v) is 5.31. The average molecular weight is 237 g/mol. The zero-order valence-electron chi connectivity index (χ0n) is 10.7. The van der Waals surface area contributed by atoms with Crippen LogP contribution < -0.4 is 19.5 Å². The van der Waals surface area contributed by atoms with Crippen LogP contribution in [-0.2, 0) is 0 Å². The molecule has 0 saturated heterocycles. The van der Waals surface area contributed by atoms with Crippen molar-refractivity contribution in [1.29, 1.82) is 0 Å². The molecular weight excluding hydrogens is 218 g/mol. The van der Waals surface area contributed by atoms with Crippen LogP contribution in [0.3, 0.4) is 0 Å². The minimum absolute atomic E-state index is 0.00440. The summed E-state index contributed by atoms with van der Waals surface area (Å²) in [5.41, 5.74) is 0.961. The predicted molar refractivity (Wildman–Crippen MR) is 68.1 cm³/mol. The van der Waals surface area contributed by atoms with E-state index in [0.717, 1.165) is 11.3 Å². The van der Waals surface area contributed by atoms with E-state index in [4.69, 9.17) is 14.2 Å². The van der Waals surface area contributed by atoms with Gasteiger partial charge in [-0.25, -0.2) is 0 Å². The normalized spacial score (nSPS) is 11.8. The lowest BCUT2D eigenvalue weighted by Gasteiger charge is -2.18. The molecule has 1 rings (SSSR count). The molecule has 1 atom stereocenters. The van der Waals surface area contributed by atoms with E-state index in [0.29, 0.717) is 11.5 Å². The van der Waals surface area contributed by atoms with Crippen molar-refractivity contribution in [1.82, 2.24) is 5.32 Å². The number of methoxy groups -OCH3 is 3. The van der Waals surface area contributed by atoms with Crippen molar-refractivity contribution in [3.63, 3.8) is 0 Å². The number of nitrogens with one attached hydrogen (secondary N) is 1. The van der Waals surface area contributed by atoms with E-state index in [1.165, 1.54) is 0 Å². The average Bonchev–Trinajstić information content (AvgIpc) is 2.39. The Hall–Kier alpha value is -1.68. The summed E-state index contributed by atoms with van der Waals surface area (Å²) < 4.78 is 15.9. The fourth-order valence-corrected chi connectivity index (χ4v) is 1.70. The van der Waals surface area contributed by atoms with Crippen molar-refractivity contribution in [3.8, 4) is 17.2 Å².